The minimum absolute atomic E-state index is 0.106. The molecular formula is C27H31N3O4S. The Morgan fingerprint density at radius 3 is 2.26 bits per heavy atom. The highest BCUT2D eigenvalue weighted by molar-refractivity contribution is 7.92. The van der Waals surface area contributed by atoms with Crippen LogP contribution in [0, 0.1) is 0 Å². The average molecular weight is 494 g/mol. The van der Waals surface area contributed by atoms with Crippen LogP contribution < -0.4 is 14.4 Å². The number of hydrogen-bond acceptors (Lipinski definition) is 5. The van der Waals surface area contributed by atoms with Crippen LogP contribution >= 0.6 is 0 Å². The third-order valence-electron chi connectivity index (χ3n) is 6.16. The maximum atomic E-state index is 13.5. The maximum Gasteiger partial charge on any atom is 0.264 e. The third kappa shape index (κ3) is 6.01. The molecule has 0 unspecified atom stereocenters. The number of nitrogens with one attached hydrogen (secondary N) is 1. The number of nitrogens with zero attached hydrogens (tertiary/aromatic N) is 2. The largest absolute Gasteiger partial charge is 0.495 e. The Labute approximate surface area is 207 Å². The van der Waals surface area contributed by atoms with Crippen molar-refractivity contribution in [1.29, 1.82) is 0 Å². The lowest BCUT2D eigenvalue weighted by molar-refractivity contribution is -0.119. The number of amides is 1. The van der Waals surface area contributed by atoms with Gasteiger partial charge in [0.2, 0.25) is 5.91 Å². The number of benzene rings is 3. The molecule has 184 valence electrons. The van der Waals surface area contributed by atoms with Crippen LogP contribution in [0.3, 0.4) is 0 Å². The van der Waals surface area contributed by atoms with Gasteiger partial charge in [0.25, 0.3) is 10.0 Å². The second-order valence-electron chi connectivity index (χ2n) is 8.53. The van der Waals surface area contributed by atoms with E-state index in [0.717, 1.165) is 29.5 Å². The van der Waals surface area contributed by atoms with E-state index in [1.165, 1.54) is 37.6 Å². The van der Waals surface area contributed by atoms with Gasteiger partial charge in [0.15, 0.2) is 0 Å². The SMILES string of the molecule is COc1ccccc1N(CC(=O)NCc1ccccc1CN1CCCC1)S(=O)(=O)c1ccccc1. The summed E-state index contributed by atoms with van der Waals surface area (Å²) in [5, 5.41) is 2.92. The predicted octanol–water partition coefficient (Wildman–Crippen LogP) is 3.80. The molecule has 1 fully saturated rings. The lowest BCUT2D eigenvalue weighted by Gasteiger charge is -2.25. The first-order valence-electron chi connectivity index (χ1n) is 11.8. The van der Waals surface area contributed by atoms with E-state index in [2.05, 4.69) is 16.3 Å². The maximum absolute atomic E-state index is 13.5. The monoisotopic (exact) mass is 493 g/mol. The van der Waals surface area contributed by atoms with Crippen LogP contribution in [-0.2, 0) is 27.9 Å². The molecule has 0 atom stereocenters. The first-order chi connectivity index (χ1) is 17.0. The van der Waals surface area contributed by atoms with E-state index in [9.17, 15) is 13.2 Å². The third-order valence-corrected chi connectivity index (χ3v) is 7.93. The lowest BCUT2D eigenvalue weighted by Crippen LogP contribution is -2.41. The molecule has 0 radical (unpaired) electrons. The number of likely N-dealkylation sites (tertiary alicyclic amines) is 1. The summed E-state index contributed by atoms with van der Waals surface area (Å²) >= 11 is 0. The minimum atomic E-state index is -4.00. The van der Waals surface area contributed by atoms with Crippen LogP contribution in [0.4, 0.5) is 5.69 Å². The molecule has 3 aromatic carbocycles. The summed E-state index contributed by atoms with van der Waals surface area (Å²) in [6.45, 7) is 2.99. The van der Waals surface area contributed by atoms with Crippen LogP contribution in [0.15, 0.2) is 83.8 Å². The summed E-state index contributed by atoms with van der Waals surface area (Å²) < 4.78 is 33.6. The van der Waals surface area contributed by atoms with Gasteiger partial charge in [-0.2, -0.15) is 0 Å². The fraction of sp³-hybridized carbons (Fsp3) is 0.296. The Morgan fingerprint density at radius 1 is 0.914 bits per heavy atom. The van der Waals surface area contributed by atoms with Gasteiger partial charge in [-0.05, 0) is 61.3 Å². The molecule has 35 heavy (non-hydrogen) atoms. The molecule has 7 nitrogen and oxygen atoms in total. The molecule has 1 heterocycles. The summed E-state index contributed by atoms with van der Waals surface area (Å²) in [4.78, 5) is 15.6. The normalized spacial score (nSPS) is 14.0. The fourth-order valence-corrected chi connectivity index (χ4v) is 5.75. The highest BCUT2D eigenvalue weighted by Gasteiger charge is 2.29. The summed E-state index contributed by atoms with van der Waals surface area (Å²) in [5.41, 5.74) is 2.51. The van der Waals surface area contributed by atoms with E-state index >= 15 is 0 Å². The van der Waals surface area contributed by atoms with E-state index in [1.807, 2.05) is 18.2 Å². The van der Waals surface area contributed by atoms with Crippen molar-refractivity contribution in [3.63, 3.8) is 0 Å². The van der Waals surface area contributed by atoms with Gasteiger partial charge in [-0.1, -0.05) is 54.6 Å². The molecule has 0 spiro atoms. The molecule has 4 rings (SSSR count). The van der Waals surface area contributed by atoms with Crippen molar-refractivity contribution in [1.82, 2.24) is 10.2 Å². The van der Waals surface area contributed by atoms with E-state index in [-0.39, 0.29) is 11.4 Å². The minimum Gasteiger partial charge on any atom is -0.495 e. The summed E-state index contributed by atoms with van der Waals surface area (Å²) in [6.07, 6.45) is 2.43. The number of methoxy groups -OCH3 is 1. The number of hydrogen-bond donors (Lipinski definition) is 1. The smallest absolute Gasteiger partial charge is 0.264 e. The summed E-state index contributed by atoms with van der Waals surface area (Å²) in [5.74, 6) is -0.0258. The molecular weight excluding hydrogens is 462 g/mol. The van der Waals surface area contributed by atoms with Crippen molar-refractivity contribution < 1.29 is 17.9 Å². The van der Waals surface area contributed by atoms with Crippen molar-refractivity contribution in [2.75, 3.05) is 31.0 Å². The molecule has 1 aliphatic heterocycles. The van der Waals surface area contributed by atoms with E-state index in [1.54, 1.807) is 42.5 Å². The van der Waals surface area contributed by atoms with E-state index in [4.69, 9.17) is 4.74 Å². The standard InChI is InChI=1S/C27H31N3O4S/c1-34-26-16-8-7-15-25(26)30(35(32,33)24-13-3-2-4-14-24)21-27(31)28-19-22-11-5-6-12-23(22)20-29-17-9-10-18-29/h2-8,11-16H,9-10,17-21H2,1H3,(H,28,31). The molecule has 0 bridgehead atoms. The van der Waals surface area contributed by atoms with Gasteiger partial charge in [0, 0.05) is 13.1 Å². The van der Waals surface area contributed by atoms with Gasteiger partial charge in [-0.25, -0.2) is 8.42 Å². The molecule has 8 heteroatoms. The first-order valence-corrected chi connectivity index (χ1v) is 13.2. The van der Waals surface area contributed by atoms with E-state index in [0.29, 0.717) is 18.0 Å². The molecule has 0 aliphatic carbocycles. The van der Waals surface area contributed by atoms with Gasteiger partial charge in [-0.3, -0.25) is 14.0 Å². The van der Waals surface area contributed by atoms with Crippen LogP contribution in [0.5, 0.6) is 5.75 Å². The molecule has 1 aliphatic rings. The number of anilines is 1. The Balaban J connectivity index is 1.54. The first kappa shape index (κ1) is 24.8. The van der Waals surface area contributed by atoms with E-state index < -0.39 is 15.9 Å². The van der Waals surface area contributed by atoms with Crippen LogP contribution in [0.25, 0.3) is 0 Å². The Kier molecular flexibility index (Phi) is 8.05. The zero-order valence-electron chi connectivity index (χ0n) is 19.9. The Bertz CT molecular complexity index is 1240. The summed E-state index contributed by atoms with van der Waals surface area (Å²) in [7, 11) is -2.53. The van der Waals surface area contributed by atoms with Crippen molar-refractivity contribution in [2.24, 2.45) is 0 Å². The molecule has 3 aromatic rings. The second kappa shape index (κ2) is 11.4. The van der Waals surface area contributed by atoms with Crippen molar-refractivity contribution >= 4 is 21.6 Å². The van der Waals surface area contributed by atoms with Gasteiger partial charge < -0.3 is 10.1 Å². The number of ether oxygens (including phenoxy) is 1. The zero-order valence-corrected chi connectivity index (χ0v) is 20.7. The fourth-order valence-electron chi connectivity index (χ4n) is 4.30. The molecule has 1 saturated heterocycles. The molecule has 0 aromatic heterocycles. The Hall–Kier alpha value is -3.36. The van der Waals surface area contributed by atoms with Gasteiger partial charge >= 0.3 is 0 Å². The highest BCUT2D eigenvalue weighted by Crippen LogP contribution is 2.32. The second-order valence-corrected chi connectivity index (χ2v) is 10.4. The number of rotatable bonds is 10. The predicted molar refractivity (Wildman–Crippen MR) is 137 cm³/mol. The van der Waals surface area contributed by atoms with Gasteiger partial charge in [-0.15, -0.1) is 0 Å². The van der Waals surface area contributed by atoms with Crippen LogP contribution in [0.1, 0.15) is 24.0 Å². The number of carbonyl (C=O) groups is 1. The Morgan fingerprint density at radius 2 is 1.54 bits per heavy atom. The topological polar surface area (TPSA) is 79.0 Å². The average Bonchev–Trinajstić information content (AvgIpc) is 3.40. The van der Waals surface area contributed by atoms with Gasteiger partial charge in [0.05, 0.1) is 17.7 Å². The summed E-state index contributed by atoms with van der Waals surface area (Å²) in [6, 6.07) is 22.9. The highest BCUT2D eigenvalue weighted by atomic mass is 32.2. The molecule has 1 N–H and O–H groups in total. The van der Waals surface area contributed by atoms with Crippen LogP contribution in [0.2, 0.25) is 0 Å². The lowest BCUT2D eigenvalue weighted by atomic mass is 10.1. The molecule has 0 saturated carbocycles. The van der Waals surface area contributed by atoms with Crippen molar-refractivity contribution in [3.8, 4) is 5.75 Å². The molecule has 1 amide bonds. The number of carbonyl (C=O) groups excluding carboxylic acids is 1. The van der Waals surface area contributed by atoms with Crippen molar-refractivity contribution in [2.45, 2.75) is 30.8 Å². The van der Waals surface area contributed by atoms with Gasteiger partial charge in [0.1, 0.15) is 12.3 Å². The quantitative estimate of drug-likeness (QED) is 0.465. The van der Waals surface area contributed by atoms with Crippen molar-refractivity contribution in [3.05, 3.63) is 90.0 Å². The number of sulfonamides is 1. The van der Waals surface area contributed by atoms with Crippen LogP contribution in [-0.4, -0.2) is 46.0 Å². The zero-order chi connectivity index (χ0) is 24.7. The number of para-hydroxylation sites is 2.